The molecule has 0 radical (unpaired) electrons. The second-order valence-electron chi connectivity index (χ2n) is 5.73. The van der Waals surface area contributed by atoms with Gasteiger partial charge in [-0.3, -0.25) is 20.4 Å². The number of benzene rings is 3. The third-order valence-electron chi connectivity index (χ3n) is 3.86. The molecule has 2 amide bonds. The topological polar surface area (TPSA) is 67.4 Å². The molecule has 0 atom stereocenters. The summed E-state index contributed by atoms with van der Waals surface area (Å²) in [6.45, 7) is 1.77. The lowest BCUT2D eigenvalue weighted by atomic mass is 10.1. The van der Waals surface area contributed by atoms with Crippen LogP contribution in [-0.4, -0.2) is 18.4 Å². The molecule has 0 bridgehead atoms. The summed E-state index contributed by atoms with van der Waals surface area (Å²) in [6, 6.07) is 18.8. The Bertz CT molecular complexity index is 967. The maximum Gasteiger partial charge on any atom is 0.276 e. The number of halogens is 1. The maximum atomic E-state index is 12.1. The quantitative estimate of drug-likeness (QED) is 0.462. The number of aryl methyl sites for hydroxylation is 1. The van der Waals surface area contributed by atoms with E-state index in [-0.39, 0.29) is 12.5 Å². The molecule has 0 aliphatic heterocycles. The molecule has 3 rings (SSSR count). The first-order valence-corrected chi connectivity index (χ1v) is 9.08. The third kappa shape index (κ3) is 4.32. The van der Waals surface area contributed by atoms with Gasteiger partial charge in [0.2, 0.25) is 0 Å². The molecule has 0 heterocycles. The van der Waals surface area contributed by atoms with Gasteiger partial charge in [0.15, 0.2) is 6.61 Å². The predicted molar refractivity (Wildman–Crippen MR) is 109 cm³/mol. The molecule has 132 valence electrons. The van der Waals surface area contributed by atoms with Crippen LogP contribution in [-0.2, 0) is 4.79 Å². The van der Waals surface area contributed by atoms with Gasteiger partial charge in [0.1, 0.15) is 5.75 Å². The third-order valence-corrected chi connectivity index (χ3v) is 5.02. The van der Waals surface area contributed by atoms with Crippen LogP contribution in [0.15, 0.2) is 60.7 Å². The van der Waals surface area contributed by atoms with Crippen LogP contribution < -0.4 is 15.6 Å². The van der Waals surface area contributed by atoms with Crippen molar-refractivity contribution < 1.29 is 14.3 Å². The Hall–Kier alpha value is -2.61. The van der Waals surface area contributed by atoms with E-state index in [1.165, 1.54) is 0 Å². The van der Waals surface area contributed by atoms with Crippen LogP contribution in [0.25, 0.3) is 10.8 Å². The minimum atomic E-state index is -0.437. The standard InChI is InChI=1S/C20H17IN2O3/c1-13-9-10-15(11-17(13)21)20(25)23-22-19(24)12-26-18-8-4-6-14-5-2-3-7-16(14)18/h2-11H,12H2,1H3,(H,22,24)(H,23,25). The summed E-state index contributed by atoms with van der Waals surface area (Å²) in [5.41, 5.74) is 6.34. The number of carbonyl (C=O) groups is 2. The maximum absolute atomic E-state index is 12.1. The summed E-state index contributed by atoms with van der Waals surface area (Å²) in [5.74, 6) is -0.188. The molecule has 0 unspecified atom stereocenters. The van der Waals surface area contributed by atoms with Crippen molar-refractivity contribution in [2.24, 2.45) is 0 Å². The van der Waals surface area contributed by atoms with Crippen molar-refractivity contribution in [2.45, 2.75) is 6.92 Å². The van der Waals surface area contributed by atoms with Crippen LogP contribution in [0.4, 0.5) is 0 Å². The summed E-state index contributed by atoms with van der Waals surface area (Å²) < 4.78 is 6.58. The second kappa shape index (κ2) is 8.18. The molecule has 0 spiro atoms. The first-order valence-electron chi connectivity index (χ1n) is 8.00. The predicted octanol–water partition coefficient (Wildman–Crippen LogP) is 3.59. The highest BCUT2D eigenvalue weighted by Crippen LogP contribution is 2.24. The van der Waals surface area contributed by atoms with E-state index in [0.29, 0.717) is 11.3 Å². The summed E-state index contributed by atoms with van der Waals surface area (Å²) in [7, 11) is 0. The van der Waals surface area contributed by atoms with E-state index < -0.39 is 5.91 Å². The van der Waals surface area contributed by atoms with E-state index in [4.69, 9.17) is 4.74 Å². The SMILES string of the molecule is Cc1ccc(C(=O)NNC(=O)COc2cccc3ccccc23)cc1I. The van der Waals surface area contributed by atoms with Gasteiger partial charge < -0.3 is 4.74 Å². The molecule has 0 saturated carbocycles. The monoisotopic (exact) mass is 460 g/mol. The first-order chi connectivity index (χ1) is 12.5. The number of hydrogen-bond donors (Lipinski definition) is 2. The number of fused-ring (bicyclic) bond motifs is 1. The van der Waals surface area contributed by atoms with Gasteiger partial charge >= 0.3 is 0 Å². The van der Waals surface area contributed by atoms with Gasteiger partial charge in [0.05, 0.1) is 0 Å². The zero-order chi connectivity index (χ0) is 18.5. The van der Waals surface area contributed by atoms with Crippen molar-refractivity contribution in [3.63, 3.8) is 0 Å². The van der Waals surface area contributed by atoms with Gasteiger partial charge in [-0.15, -0.1) is 0 Å². The number of carbonyl (C=O) groups excluding carboxylic acids is 2. The number of ether oxygens (including phenoxy) is 1. The highest BCUT2D eigenvalue weighted by Gasteiger charge is 2.10. The van der Waals surface area contributed by atoms with Crippen LogP contribution in [0, 0.1) is 10.5 Å². The molecular formula is C20H17IN2O3. The molecule has 0 aliphatic rings. The van der Waals surface area contributed by atoms with Crippen molar-refractivity contribution in [1.29, 1.82) is 0 Å². The molecule has 6 heteroatoms. The molecule has 0 fully saturated rings. The van der Waals surface area contributed by atoms with E-state index in [9.17, 15) is 9.59 Å². The Morgan fingerprint density at radius 2 is 1.77 bits per heavy atom. The lowest BCUT2D eigenvalue weighted by molar-refractivity contribution is -0.123. The number of nitrogens with one attached hydrogen (secondary N) is 2. The Labute approximate surface area is 164 Å². The van der Waals surface area contributed by atoms with Gasteiger partial charge in [0.25, 0.3) is 11.8 Å². The zero-order valence-corrected chi connectivity index (χ0v) is 16.2. The first kappa shape index (κ1) is 18.2. The molecule has 0 aromatic heterocycles. The minimum absolute atomic E-state index is 0.195. The smallest absolute Gasteiger partial charge is 0.276 e. The second-order valence-corrected chi connectivity index (χ2v) is 6.89. The highest BCUT2D eigenvalue weighted by atomic mass is 127. The molecule has 3 aromatic rings. The zero-order valence-electron chi connectivity index (χ0n) is 14.1. The minimum Gasteiger partial charge on any atom is -0.483 e. The molecule has 5 nitrogen and oxygen atoms in total. The van der Waals surface area contributed by atoms with E-state index in [2.05, 4.69) is 33.4 Å². The average molecular weight is 460 g/mol. The Morgan fingerprint density at radius 3 is 2.58 bits per heavy atom. The average Bonchev–Trinajstić information content (AvgIpc) is 2.66. The van der Waals surface area contributed by atoms with Gasteiger partial charge in [-0.1, -0.05) is 42.5 Å². The molecule has 0 aliphatic carbocycles. The molecule has 3 aromatic carbocycles. The van der Waals surface area contributed by atoms with E-state index in [1.807, 2.05) is 55.5 Å². The summed E-state index contributed by atoms with van der Waals surface area (Å²) in [4.78, 5) is 24.0. The van der Waals surface area contributed by atoms with Crippen molar-refractivity contribution in [2.75, 3.05) is 6.61 Å². The number of rotatable bonds is 4. The number of hydrogen-bond acceptors (Lipinski definition) is 3. The van der Waals surface area contributed by atoms with E-state index in [1.54, 1.807) is 12.1 Å². The normalized spacial score (nSPS) is 10.4. The van der Waals surface area contributed by atoms with Crippen molar-refractivity contribution in [3.8, 4) is 5.75 Å². The summed E-state index contributed by atoms with van der Waals surface area (Å²) >= 11 is 2.16. The van der Waals surface area contributed by atoms with E-state index in [0.717, 1.165) is 19.9 Å². The molecular weight excluding hydrogens is 443 g/mol. The molecule has 2 N–H and O–H groups in total. The lowest BCUT2D eigenvalue weighted by Gasteiger charge is -2.11. The van der Waals surface area contributed by atoms with Gasteiger partial charge in [-0.25, -0.2) is 0 Å². The van der Waals surface area contributed by atoms with Crippen LogP contribution in [0.5, 0.6) is 5.75 Å². The lowest BCUT2D eigenvalue weighted by Crippen LogP contribution is -2.43. The fraction of sp³-hybridized carbons (Fsp3) is 0.100. The Balaban J connectivity index is 1.55. The number of hydrazine groups is 1. The van der Waals surface area contributed by atoms with Gasteiger partial charge in [0, 0.05) is 14.5 Å². The summed E-state index contributed by atoms with van der Waals surface area (Å²) in [5, 5.41) is 1.97. The fourth-order valence-electron chi connectivity index (χ4n) is 2.43. The largest absolute Gasteiger partial charge is 0.483 e. The van der Waals surface area contributed by atoms with Crippen LogP contribution in [0.3, 0.4) is 0 Å². The van der Waals surface area contributed by atoms with E-state index >= 15 is 0 Å². The fourth-order valence-corrected chi connectivity index (χ4v) is 2.95. The Morgan fingerprint density at radius 1 is 1.00 bits per heavy atom. The number of amides is 2. The van der Waals surface area contributed by atoms with Crippen molar-refractivity contribution in [3.05, 3.63) is 75.4 Å². The van der Waals surface area contributed by atoms with Crippen molar-refractivity contribution in [1.82, 2.24) is 10.9 Å². The van der Waals surface area contributed by atoms with Crippen LogP contribution >= 0.6 is 22.6 Å². The van der Waals surface area contributed by atoms with Crippen molar-refractivity contribution >= 4 is 45.2 Å². The van der Waals surface area contributed by atoms with Crippen LogP contribution in [0.2, 0.25) is 0 Å². The molecule has 0 saturated heterocycles. The van der Waals surface area contributed by atoms with Gasteiger partial charge in [-0.05, 0) is 58.7 Å². The van der Waals surface area contributed by atoms with Gasteiger partial charge in [-0.2, -0.15) is 0 Å². The Kier molecular flexibility index (Phi) is 5.72. The molecule has 26 heavy (non-hydrogen) atoms. The van der Waals surface area contributed by atoms with Crippen LogP contribution in [0.1, 0.15) is 15.9 Å². The summed E-state index contributed by atoms with van der Waals surface area (Å²) in [6.07, 6.45) is 0. The highest BCUT2D eigenvalue weighted by molar-refractivity contribution is 14.1.